The van der Waals surface area contributed by atoms with Gasteiger partial charge < -0.3 is 4.90 Å². The third-order valence-electron chi connectivity index (χ3n) is 4.72. The van der Waals surface area contributed by atoms with Gasteiger partial charge in [-0.3, -0.25) is 13.9 Å². The molecule has 27 heavy (non-hydrogen) atoms. The molecule has 138 valence electrons. The Bertz CT molecular complexity index is 1120. The van der Waals surface area contributed by atoms with E-state index in [2.05, 4.69) is 10.1 Å². The van der Waals surface area contributed by atoms with Crippen LogP contribution in [0.1, 0.15) is 24.1 Å². The maximum absolute atomic E-state index is 12.3. The first-order valence-corrected chi connectivity index (χ1v) is 8.24. The molecule has 1 atom stereocenters. The van der Waals surface area contributed by atoms with Crippen molar-refractivity contribution in [1.82, 2.24) is 23.9 Å². The second-order valence-corrected chi connectivity index (χ2v) is 6.23. The molecule has 0 fully saturated rings. The monoisotopic (exact) mass is 365 g/mol. The molecule has 0 aliphatic heterocycles. The second-order valence-electron chi connectivity index (χ2n) is 6.23. The van der Waals surface area contributed by atoms with Crippen molar-refractivity contribution in [2.24, 2.45) is 14.1 Å². The highest BCUT2D eigenvalue weighted by Crippen LogP contribution is 2.26. The highest BCUT2D eigenvalue weighted by molar-refractivity contribution is 5.54. The molecule has 0 spiro atoms. The summed E-state index contributed by atoms with van der Waals surface area (Å²) in [7, 11) is 4.67. The summed E-state index contributed by atoms with van der Waals surface area (Å²) in [5.74, 6) is 0.290. The van der Waals surface area contributed by atoms with E-state index in [-0.39, 0.29) is 11.6 Å². The molecule has 0 saturated carbocycles. The molecule has 1 aromatic carbocycles. The molecule has 0 amide bonds. The zero-order chi connectivity index (χ0) is 19.7. The van der Waals surface area contributed by atoms with Crippen molar-refractivity contribution >= 4 is 5.82 Å². The van der Waals surface area contributed by atoms with Gasteiger partial charge in [0.25, 0.3) is 5.56 Å². The van der Waals surface area contributed by atoms with E-state index in [0.29, 0.717) is 5.82 Å². The molecule has 9 heteroatoms. The second kappa shape index (κ2) is 6.92. The van der Waals surface area contributed by atoms with E-state index < -0.39 is 11.2 Å². The van der Waals surface area contributed by atoms with Gasteiger partial charge in [-0.1, -0.05) is 12.1 Å². The molecular formula is C18H19N7O2. The first-order valence-electron chi connectivity index (χ1n) is 8.24. The fraction of sp³-hybridized carbons (Fsp3) is 0.278. The van der Waals surface area contributed by atoms with Crippen LogP contribution >= 0.6 is 0 Å². The van der Waals surface area contributed by atoms with Gasteiger partial charge in [-0.2, -0.15) is 10.4 Å². The van der Waals surface area contributed by atoms with Crippen LogP contribution in [-0.2, 0) is 14.1 Å². The lowest BCUT2D eigenvalue weighted by atomic mass is 10.1. The number of nitrogens with zero attached hydrogens (tertiary/aromatic N) is 7. The van der Waals surface area contributed by atoms with Gasteiger partial charge in [0, 0.05) is 21.1 Å². The van der Waals surface area contributed by atoms with Crippen LogP contribution in [0, 0.1) is 11.3 Å². The lowest BCUT2D eigenvalue weighted by Crippen LogP contribution is -2.42. The van der Waals surface area contributed by atoms with Crippen LogP contribution in [-0.4, -0.2) is 30.9 Å². The number of anilines is 1. The van der Waals surface area contributed by atoms with E-state index in [9.17, 15) is 14.9 Å². The summed E-state index contributed by atoms with van der Waals surface area (Å²) in [6.45, 7) is 1.94. The Morgan fingerprint density at radius 1 is 1.15 bits per heavy atom. The summed E-state index contributed by atoms with van der Waals surface area (Å²) in [6, 6.07) is 9.43. The third-order valence-corrected chi connectivity index (χ3v) is 4.72. The van der Waals surface area contributed by atoms with Gasteiger partial charge in [-0.15, -0.1) is 0 Å². The topological polar surface area (TPSA) is 102 Å². The number of nitriles is 1. The molecule has 0 saturated heterocycles. The van der Waals surface area contributed by atoms with Gasteiger partial charge in [-0.25, -0.2) is 14.5 Å². The highest BCUT2D eigenvalue weighted by Gasteiger charge is 2.22. The van der Waals surface area contributed by atoms with Crippen molar-refractivity contribution < 1.29 is 0 Å². The maximum Gasteiger partial charge on any atom is 0.332 e. The van der Waals surface area contributed by atoms with Gasteiger partial charge in [0.15, 0.2) is 5.56 Å². The van der Waals surface area contributed by atoms with E-state index in [0.717, 1.165) is 15.8 Å². The Morgan fingerprint density at radius 3 is 2.37 bits per heavy atom. The summed E-state index contributed by atoms with van der Waals surface area (Å²) < 4.78 is 3.91. The van der Waals surface area contributed by atoms with Gasteiger partial charge in [0.2, 0.25) is 0 Å². The van der Waals surface area contributed by atoms with Crippen LogP contribution in [0.3, 0.4) is 0 Å². The zero-order valence-electron chi connectivity index (χ0n) is 15.5. The van der Waals surface area contributed by atoms with E-state index >= 15 is 0 Å². The number of rotatable bonds is 4. The molecule has 3 rings (SSSR count). The lowest BCUT2D eigenvalue weighted by molar-refractivity contribution is 0.639. The molecule has 0 bridgehead atoms. The minimum atomic E-state index is -0.601. The Balaban J connectivity index is 2.02. The molecule has 9 nitrogen and oxygen atoms in total. The first-order chi connectivity index (χ1) is 12.9. The molecule has 0 aliphatic carbocycles. The molecular weight excluding hydrogens is 346 g/mol. The average Bonchev–Trinajstić information content (AvgIpc) is 3.22. The smallest absolute Gasteiger partial charge is 0.332 e. The van der Waals surface area contributed by atoms with Crippen LogP contribution in [0.4, 0.5) is 5.82 Å². The van der Waals surface area contributed by atoms with E-state index in [1.165, 1.54) is 17.9 Å². The Hall–Kier alpha value is -3.67. The average molecular weight is 365 g/mol. The predicted molar refractivity (Wildman–Crippen MR) is 99.8 cm³/mol. The van der Waals surface area contributed by atoms with Crippen LogP contribution < -0.4 is 16.1 Å². The van der Waals surface area contributed by atoms with Crippen molar-refractivity contribution in [3.05, 3.63) is 68.9 Å². The number of benzene rings is 1. The van der Waals surface area contributed by atoms with E-state index in [4.69, 9.17) is 0 Å². The van der Waals surface area contributed by atoms with E-state index in [1.54, 1.807) is 30.0 Å². The molecule has 0 aliphatic rings. The number of aromatic nitrogens is 5. The highest BCUT2D eigenvalue weighted by atomic mass is 16.2. The molecule has 1 unspecified atom stereocenters. The Labute approximate surface area is 155 Å². The molecule has 2 heterocycles. The quantitative estimate of drug-likeness (QED) is 0.676. The van der Waals surface area contributed by atoms with Crippen molar-refractivity contribution in [3.63, 3.8) is 0 Å². The molecule has 0 N–H and O–H groups in total. The Morgan fingerprint density at radius 2 is 1.81 bits per heavy atom. The lowest BCUT2D eigenvalue weighted by Gasteiger charge is -2.29. The SMILES string of the molecule is CC(c1ccc(-n2cncn2)cc1)N(C)c1c(C#N)c(=O)n(C)c(=O)n1C. The van der Waals surface area contributed by atoms with Gasteiger partial charge in [-0.05, 0) is 24.6 Å². The summed E-state index contributed by atoms with van der Waals surface area (Å²) >= 11 is 0. The summed E-state index contributed by atoms with van der Waals surface area (Å²) in [5, 5.41) is 13.6. The summed E-state index contributed by atoms with van der Waals surface area (Å²) in [6.07, 6.45) is 3.07. The largest absolute Gasteiger partial charge is 0.353 e. The minimum Gasteiger partial charge on any atom is -0.353 e. The molecule has 2 aromatic heterocycles. The van der Waals surface area contributed by atoms with E-state index in [1.807, 2.05) is 37.3 Å². The maximum atomic E-state index is 12.3. The predicted octanol–water partition coefficient (Wildman–Crippen LogP) is 0.734. The molecule has 3 aromatic rings. The van der Waals surface area contributed by atoms with Crippen LogP contribution in [0.2, 0.25) is 0 Å². The summed E-state index contributed by atoms with van der Waals surface area (Å²) in [4.78, 5) is 30.3. The normalized spacial score (nSPS) is 11.8. The third kappa shape index (κ3) is 3.01. The first kappa shape index (κ1) is 18.1. The number of hydrogen-bond acceptors (Lipinski definition) is 6. The van der Waals surface area contributed by atoms with Crippen LogP contribution in [0.25, 0.3) is 5.69 Å². The number of hydrogen-bond donors (Lipinski definition) is 0. The van der Waals surface area contributed by atoms with Crippen molar-refractivity contribution in [1.29, 1.82) is 5.26 Å². The van der Waals surface area contributed by atoms with Gasteiger partial charge in [0.05, 0.1) is 11.7 Å². The van der Waals surface area contributed by atoms with Crippen molar-refractivity contribution in [3.8, 4) is 11.8 Å². The van der Waals surface area contributed by atoms with Crippen LogP contribution in [0.5, 0.6) is 0 Å². The fourth-order valence-electron chi connectivity index (χ4n) is 3.00. The van der Waals surface area contributed by atoms with Crippen molar-refractivity contribution in [2.45, 2.75) is 13.0 Å². The minimum absolute atomic E-state index is 0.0619. The van der Waals surface area contributed by atoms with Crippen LogP contribution in [0.15, 0.2) is 46.5 Å². The van der Waals surface area contributed by atoms with Crippen molar-refractivity contribution in [2.75, 3.05) is 11.9 Å². The standard InChI is InChI=1S/C18H19N7O2/c1-12(13-5-7-14(8-6-13)25-11-20-10-21-25)22(2)16-15(9-19)17(26)24(4)18(27)23(16)3/h5-8,10-12H,1-4H3. The molecule has 0 radical (unpaired) electrons. The fourth-order valence-corrected chi connectivity index (χ4v) is 3.00. The summed E-state index contributed by atoms with van der Waals surface area (Å²) in [5.41, 5.74) is 0.683. The van der Waals surface area contributed by atoms with Gasteiger partial charge >= 0.3 is 5.69 Å². The van der Waals surface area contributed by atoms with Gasteiger partial charge in [0.1, 0.15) is 24.5 Å². The zero-order valence-corrected chi connectivity index (χ0v) is 15.5. The Kier molecular flexibility index (Phi) is 4.64.